The van der Waals surface area contributed by atoms with E-state index >= 15 is 0 Å². The lowest BCUT2D eigenvalue weighted by Crippen LogP contribution is -2.13. The van der Waals surface area contributed by atoms with Crippen LogP contribution in [0.4, 0.5) is 10.2 Å². The fourth-order valence-electron chi connectivity index (χ4n) is 1.77. The molecule has 0 aliphatic carbocycles. The highest BCUT2D eigenvalue weighted by atomic mass is 32.2. The third-order valence-electron chi connectivity index (χ3n) is 2.76. The number of benzene rings is 1. The van der Waals surface area contributed by atoms with E-state index in [1.165, 1.54) is 0 Å². The highest BCUT2D eigenvalue weighted by Crippen LogP contribution is 2.18. The normalized spacial score (nSPS) is 11.1. The molecule has 0 aliphatic rings. The molecule has 0 spiro atoms. The molecule has 6 nitrogen and oxygen atoms in total. The van der Waals surface area contributed by atoms with Gasteiger partial charge in [0.15, 0.2) is 5.82 Å². The van der Waals surface area contributed by atoms with Gasteiger partial charge in [-0.2, -0.15) is 10.4 Å². The number of sulfonamides is 1. The number of nitrogens with zero attached hydrogens (tertiary/aromatic N) is 2. The Labute approximate surface area is 121 Å². The lowest BCUT2D eigenvalue weighted by molar-refractivity contribution is 0.599. The molecule has 0 aliphatic heterocycles. The van der Waals surface area contributed by atoms with Crippen molar-refractivity contribution in [3.8, 4) is 6.07 Å². The number of aromatic amines is 1. The molecule has 8 heteroatoms. The van der Waals surface area contributed by atoms with Gasteiger partial charge in [0.2, 0.25) is 0 Å². The Morgan fingerprint density at radius 1 is 1.43 bits per heavy atom. The van der Waals surface area contributed by atoms with Gasteiger partial charge in [0.1, 0.15) is 11.9 Å². The first-order valence-electron chi connectivity index (χ1n) is 6.23. The van der Waals surface area contributed by atoms with Crippen LogP contribution in [0.3, 0.4) is 0 Å². The Morgan fingerprint density at radius 2 is 2.19 bits per heavy atom. The number of H-pyrrole nitrogens is 1. The van der Waals surface area contributed by atoms with Crippen LogP contribution in [0.15, 0.2) is 29.2 Å². The Morgan fingerprint density at radius 3 is 2.86 bits per heavy atom. The van der Waals surface area contributed by atoms with Crippen molar-refractivity contribution in [3.63, 3.8) is 0 Å². The lowest BCUT2D eigenvalue weighted by Gasteiger charge is -2.05. The minimum atomic E-state index is -3.91. The topological polar surface area (TPSA) is 98.6 Å². The molecule has 2 N–H and O–H groups in total. The van der Waals surface area contributed by atoms with Gasteiger partial charge in [-0.1, -0.05) is 13.3 Å². The summed E-state index contributed by atoms with van der Waals surface area (Å²) in [5, 5.41) is 15.3. The van der Waals surface area contributed by atoms with Crippen molar-refractivity contribution in [1.82, 2.24) is 10.2 Å². The molecular formula is C13H13FN4O2S. The zero-order valence-electron chi connectivity index (χ0n) is 11.2. The number of aromatic nitrogens is 2. The predicted molar refractivity (Wildman–Crippen MR) is 74.5 cm³/mol. The van der Waals surface area contributed by atoms with Crippen LogP contribution >= 0.6 is 0 Å². The van der Waals surface area contributed by atoms with Crippen molar-refractivity contribution in [3.05, 3.63) is 41.3 Å². The molecule has 0 unspecified atom stereocenters. The minimum Gasteiger partial charge on any atom is -0.280 e. The van der Waals surface area contributed by atoms with Crippen LogP contribution in [0.25, 0.3) is 0 Å². The number of halogens is 1. The number of aryl methyl sites for hydroxylation is 1. The quantitative estimate of drug-likeness (QED) is 0.884. The van der Waals surface area contributed by atoms with Crippen LogP contribution in [0, 0.1) is 17.1 Å². The highest BCUT2D eigenvalue weighted by Gasteiger charge is 2.17. The van der Waals surface area contributed by atoms with Gasteiger partial charge in [0, 0.05) is 11.8 Å². The van der Waals surface area contributed by atoms with E-state index in [-0.39, 0.29) is 16.3 Å². The average molecular weight is 308 g/mol. The van der Waals surface area contributed by atoms with Gasteiger partial charge in [0.25, 0.3) is 10.0 Å². The lowest BCUT2D eigenvalue weighted by atomic mass is 10.2. The van der Waals surface area contributed by atoms with E-state index in [9.17, 15) is 12.8 Å². The second-order valence-electron chi connectivity index (χ2n) is 4.39. The van der Waals surface area contributed by atoms with Gasteiger partial charge < -0.3 is 0 Å². The van der Waals surface area contributed by atoms with E-state index in [0.717, 1.165) is 36.7 Å². The van der Waals surface area contributed by atoms with E-state index in [1.54, 1.807) is 12.1 Å². The van der Waals surface area contributed by atoms with Crippen molar-refractivity contribution in [2.24, 2.45) is 0 Å². The molecule has 0 amide bonds. The minimum absolute atomic E-state index is 0.154. The Bertz CT molecular complexity index is 793. The fraction of sp³-hybridized carbons (Fsp3) is 0.231. The molecule has 2 aromatic rings. The predicted octanol–water partition coefficient (Wildman–Crippen LogP) is 2.17. The molecule has 0 saturated heterocycles. The van der Waals surface area contributed by atoms with E-state index < -0.39 is 15.8 Å². The molecule has 0 radical (unpaired) electrons. The standard InChI is InChI=1S/C13H13FN4O2S/c1-2-3-10-7-13(17-16-10)18-21(19,20)11-4-5-12(14)9(6-11)8-15/h4-7H,2-3H2,1H3,(H2,16,17,18). The van der Waals surface area contributed by atoms with Crippen molar-refractivity contribution < 1.29 is 12.8 Å². The SMILES string of the molecule is CCCc1cc(NS(=O)(=O)c2ccc(F)c(C#N)c2)n[nH]1. The maximum Gasteiger partial charge on any atom is 0.263 e. The number of hydrogen-bond donors (Lipinski definition) is 2. The third-order valence-corrected chi connectivity index (χ3v) is 4.11. The first-order valence-corrected chi connectivity index (χ1v) is 7.71. The molecule has 1 aromatic carbocycles. The molecule has 2 rings (SSSR count). The van der Waals surface area contributed by atoms with Crippen LogP contribution in [0.5, 0.6) is 0 Å². The molecule has 1 heterocycles. The Kier molecular flexibility index (Phi) is 4.23. The second-order valence-corrected chi connectivity index (χ2v) is 6.07. The zero-order chi connectivity index (χ0) is 15.5. The summed E-state index contributed by atoms with van der Waals surface area (Å²) in [7, 11) is -3.91. The molecular weight excluding hydrogens is 295 g/mol. The summed E-state index contributed by atoms with van der Waals surface area (Å²) in [6, 6.07) is 6.22. The van der Waals surface area contributed by atoms with Crippen molar-refractivity contribution in [2.75, 3.05) is 4.72 Å². The second kappa shape index (κ2) is 5.93. The molecule has 0 saturated carbocycles. The van der Waals surface area contributed by atoms with Crippen molar-refractivity contribution in [2.45, 2.75) is 24.7 Å². The Hall–Kier alpha value is -2.40. The van der Waals surface area contributed by atoms with E-state index in [2.05, 4.69) is 14.9 Å². The van der Waals surface area contributed by atoms with Gasteiger partial charge in [-0.3, -0.25) is 9.82 Å². The van der Waals surface area contributed by atoms with Crippen LogP contribution in [-0.4, -0.2) is 18.6 Å². The first kappa shape index (κ1) is 15.0. The summed E-state index contributed by atoms with van der Waals surface area (Å²) < 4.78 is 39.8. The fourth-order valence-corrected chi connectivity index (χ4v) is 2.78. The molecule has 110 valence electrons. The van der Waals surface area contributed by atoms with Crippen LogP contribution in [0.1, 0.15) is 24.6 Å². The summed E-state index contributed by atoms with van der Waals surface area (Å²) >= 11 is 0. The third kappa shape index (κ3) is 3.38. The first-order chi connectivity index (χ1) is 9.96. The Balaban J connectivity index is 2.27. The number of rotatable bonds is 5. The molecule has 21 heavy (non-hydrogen) atoms. The maximum atomic E-state index is 13.2. The summed E-state index contributed by atoms with van der Waals surface area (Å²) in [6.45, 7) is 1.99. The molecule has 0 bridgehead atoms. The van der Waals surface area contributed by atoms with E-state index in [1.807, 2.05) is 6.92 Å². The highest BCUT2D eigenvalue weighted by molar-refractivity contribution is 7.92. The average Bonchev–Trinajstić information content (AvgIpc) is 2.86. The van der Waals surface area contributed by atoms with Gasteiger partial charge in [-0.05, 0) is 24.6 Å². The number of nitrogens with one attached hydrogen (secondary N) is 2. The monoisotopic (exact) mass is 308 g/mol. The largest absolute Gasteiger partial charge is 0.280 e. The maximum absolute atomic E-state index is 13.2. The van der Waals surface area contributed by atoms with Gasteiger partial charge in [0.05, 0.1) is 10.5 Å². The molecule has 0 fully saturated rings. The van der Waals surface area contributed by atoms with Gasteiger partial charge >= 0.3 is 0 Å². The van der Waals surface area contributed by atoms with Gasteiger partial charge in [-0.25, -0.2) is 12.8 Å². The summed E-state index contributed by atoms with van der Waals surface area (Å²) in [5.74, 6) is -0.609. The number of anilines is 1. The summed E-state index contributed by atoms with van der Waals surface area (Å²) in [5.41, 5.74) is 0.485. The number of hydrogen-bond acceptors (Lipinski definition) is 4. The van der Waals surface area contributed by atoms with Crippen molar-refractivity contribution >= 4 is 15.8 Å². The van der Waals surface area contributed by atoms with E-state index in [0.29, 0.717) is 0 Å². The molecule has 1 aromatic heterocycles. The van der Waals surface area contributed by atoms with Crippen LogP contribution in [0.2, 0.25) is 0 Å². The summed E-state index contributed by atoms with van der Waals surface area (Å²) in [6.07, 6.45) is 1.65. The number of nitriles is 1. The van der Waals surface area contributed by atoms with Gasteiger partial charge in [-0.15, -0.1) is 0 Å². The summed E-state index contributed by atoms with van der Waals surface area (Å²) in [4.78, 5) is -0.194. The smallest absolute Gasteiger partial charge is 0.263 e. The zero-order valence-corrected chi connectivity index (χ0v) is 12.0. The van der Waals surface area contributed by atoms with E-state index in [4.69, 9.17) is 5.26 Å². The van der Waals surface area contributed by atoms with Crippen LogP contribution < -0.4 is 4.72 Å². The van der Waals surface area contributed by atoms with Crippen molar-refractivity contribution in [1.29, 1.82) is 5.26 Å². The molecule has 0 atom stereocenters. The van der Waals surface area contributed by atoms with Crippen LogP contribution in [-0.2, 0) is 16.4 Å².